The lowest BCUT2D eigenvalue weighted by Gasteiger charge is -2.23. The third-order valence-electron chi connectivity index (χ3n) is 5.82. The molecule has 0 saturated carbocycles. The van der Waals surface area contributed by atoms with Crippen molar-refractivity contribution in [1.29, 1.82) is 0 Å². The molecule has 0 fully saturated rings. The molecule has 0 amide bonds. The van der Waals surface area contributed by atoms with E-state index in [1.807, 2.05) is 32.2 Å². The summed E-state index contributed by atoms with van der Waals surface area (Å²) in [6, 6.07) is 10.5. The highest BCUT2D eigenvalue weighted by molar-refractivity contribution is 7.15. The molecule has 34 heavy (non-hydrogen) atoms. The smallest absolute Gasteiger partial charge is 0.416 e. The molecule has 0 unspecified atom stereocenters. The van der Waals surface area contributed by atoms with Gasteiger partial charge in [0.25, 0.3) is 0 Å². The number of carboxylic acid groups (broad SMARTS) is 1. The van der Waals surface area contributed by atoms with Crippen LogP contribution < -0.4 is 4.74 Å². The van der Waals surface area contributed by atoms with Gasteiger partial charge in [0.15, 0.2) is 0 Å². The van der Waals surface area contributed by atoms with Gasteiger partial charge in [0, 0.05) is 22.7 Å². The Morgan fingerprint density at radius 2 is 1.79 bits per heavy atom. The van der Waals surface area contributed by atoms with Crippen LogP contribution in [0.15, 0.2) is 48.7 Å². The number of nitrogens with zero attached hydrogens (tertiary/aromatic N) is 2. The van der Waals surface area contributed by atoms with Crippen molar-refractivity contribution in [2.75, 3.05) is 0 Å². The minimum atomic E-state index is -4.37. The molecular weight excluding hydrogens is 465 g/mol. The number of aryl methyl sites for hydroxylation is 2. The second kappa shape index (κ2) is 8.47. The van der Waals surface area contributed by atoms with E-state index in [0.29, 0.717) is 16.3 Å². The number of carboxylic acids is 1. The third kappa shape index (κ3) is 4.40. The molecule has 2 aromatic heterocycles. The summed E-state index contributed by atoms with van der Waals surface area (Å²) in [5.41, 5.74) is 1.32. The van der Waals surface area contributed by atoms with E-state index >= 15 is 0 Å². The number of rotatable bonds is 6. The third-order valence-corrected chi connectivity index (χ3v) is 7.00. The minimum absolute atomic E-state index is 0.260. The number of hydrogen-bond donors (Lipinski definition) is 1. The van der Waals surface area contributed by atoms with Crippen molar-refractivity contribution in [2.24, 2.45) is 0 Å². The molecule has 9 heteroatoms. The normalized spacial score (nSPS) is 12.3. The zero-order valence-electron chi connectivity index (χ0n) is 19.0. The first-order valence-electron chi connectivity index (χ1n) is 10.5. The second-order valence-corrected chi connectivity index (χ2v) is 9.70. The maximum absolute atomic E-state index is 12.8. The SMILES string of the molecule is Cc1nc(-c2ccc(C(F)(F)F)cc2)sc1COc1ccc2c(c1)c(C)cn2C(C)(C)C(=O)O. The predicted molar refractivity (Wildman–Crippen MR) is 125 cm³/mol. The molecule has 4 aromatic rings. The Bertz CT molecular complexity index is 1370. The molecule has 2 aromatic carbocycles. The number of thiazole rings is 1. The lowest BCUT2D eigenvalue weighted by atomic mass is 10.1. The van der Waals surface area contributed by atoms with Gasteiger partial charge in [0.1, 0.15) is 22.9 Å². The standard InChI is InChI=1S/C25H23F3N2O3S/c1-14-12-30(24(3,4)23(31)32)20-10-9-18(11-19(14)20)33-13-21-15(2)29-22(34-21)16-5-7-17(8-6-16)25(26,27)28/h5-12H,13H2,1-4H3,(H,31,32). The van der Waals surface area contributed by atoms with Gasteiger partial charge in [-0.2, -0.15) is 13.2 Å². The average Bonchev–Trinajstić information content (AvgIpc) is 3.31. The summed E-state index contributed by atoms with van der Waals surface area (Å²) >= 11 is 1.38. The summed E-state index contributed by atoms with van der Waals surface area (Å²) < 4.78 is 46.2. The van der Waals surface area contributed by atoms with Crippen molar-refractivity contribution in [3.63, 3.8) is 0 Å². The summed E-state index contributed by atoms with van der Waals surface area (Å²) in [5.74, 6) is -0.292. The van der Waals surface area contributed by atoms with E-state index in [1.165, 1.54) is 23.5 Å². The summed E-state index contributed by atoms with van der Waals surface area (Å²) in [7, 11) is 0. The zero-order chi connectivity index (χ0) is 24.8. The van der Waals surface area contributed by atoms with Crippen LogP contribution in [0, 0.1) is 13.8 Å². The fraction of sp³-hybridized carbons (Fsp3) is 0.280. The van der Waals surface area contributed by atoms with Crippen molar-refractivity contribution < 1.29 is 27.8 Å². The number of hydrogen-bond acceptors (Lipinski definition) is 4. The van der Waals surface area contributed by atoms with E-state index in [9.17, 15) is 23.1 Å². The van der Waals surface area contributed by atoms with Gasteiger partial charge in [-0.25, -0.2) is 9.78 Å². The maximum Gasteiger partial charge on any atom is 0.416 e. The summed E-state index contributed by atoms with van der Waals surface area (Å²) in [6.07, 6.45) is -2.55. The Kier molecular flexibility index (Phi) is 5.93. The summed E-state index contributed by atoms with van der Waals surface area (Å²) in [4.78, 5) is 17.1. The molecule has 0 saturated heterocycles. The Balaban J connectivity index is 1.54. The highest BCUT2D eigenvalue weighted by Gasteiger charge is 2.31. The molecular formula is C25H23F3N2O3S. The van der Waals surface area contributed by atoms with Gasteiger partial charge in [0.2, 0.25) is 0 Å². The van der Waals surface area contributed by atoms with Crippen molar-refractivity contribution >= 4 is 28.2 Å². The zero-order valence-corrected chi connectivity index (χ0v) is 19.8. The van der Waals surface area contributed by atoms with E-state index < -0.39 is 23.2 Å². The van der Waals surface area contributed by atoms with Crippen LogP contribution in [0.5, 0.6) is 5.75 Å². The van der Waals surface area contributed by atoms with Gasteiger partial charge < -0.3 is 14.4 Å². The van der Waals surface area contributed by atoms with E-state index in [-0.39, 0.29) is 6.61 Å². The summed E-state index contributed by atoms with van der Waals surface area (Å²) in [6.45, 7) is 7.32. The molecule has 4 rings (SSSR count). The molecule has 0 bridgehead atoms. The Morgan fingerprint density at radius 3 is 2.41 bits per heavy atom. The van der Waals surface area contributed by atoms with Gasteiger partial charge in [-0.15, -0.1) is 11.3 Å². The highest BCUT2D eigenvalue weighted by Crippen LogP contribution is 2.34. The fourth-order valence-corrected chi connectivity index (χ4v) is 4.65. The van der Waals surface area contributed by atoms with Crippen LogP contribution >= 0.6 is 11.3 Å². The molecule has 0 radical (unpaired) electrons. The van der Waals surface area contributed by atoms with Crippen LogP contribution in [0.1, 0.15) is 35.5 Å². The van der Waals surface area contributed by atoms with E-state index in [1.54, 1.807) is 24.5 Å². The number of alkyl halides is 3. The molecule has 0 spiro atoms. The van der Waals surface area contributed by atoms with Crippen LogP contribution in [-0.2, 0) is 23.1 Å². The molecule has 1 N–H and O–H groups in total. The van der Waals surface area contributed by atoms with Crippen molar-refractivity contribution in [3.8, 4) is 16.3 Å². The van der Waals surface area contributed by atoms with Gasteiger partial charge in [-0.3, -0.25) is 0 Å². The van der Waals surface area contributed by atoms with E-state index in [2.05, 4.69) is 4.98 Å². The van der Waals surface area contributed by atoms with Gasteiger partial charge in [-0.1, -0.05) is 12.1 Å². The number of halogens is 3. The minimum Gasteiger partial charge on any atom is -0.488 e. The quantitative estimate of drug-likeness (QED) is 0.324. The van der Waals surface area contributed by atoms with Crippen molar-refractivity contribution in [1.82, 2.24) is 9.55 Å². The number of carbonyl (C=O) groups is 1. The highest BCUT2D eigenvalue weighted by atomic mass is 32.1. The maximum atomic E-state index is 12.8. The number of aromatic nitrogens is 2. The van der Waals surface area contributed by atoms with Crippen molar-refractivity contribution in [3.05, 3.63) is 70.4 Å². The van der Waals surface area contributed by atoms with Crippen LogP contribution in [0.2, 0.25) is 0 Å². The monoisotopic (exact) mass is 488 g/mol. The fourth-order valence-electron chi connectivity index (χ4n) is 3.67. The Morgan fingerprint density at radius 1 is 1.12 bits per heavy atom. The van der Waals surface area contributed by atoms with Gasteiger partial charge in [-0.05, 0) is 63.6 Å². The Labute approximate surface area is 198 Å². The van der Waals surface area contributed by atoms with Gasteiger partial charge >= 0.3 is 12.1 Å². The number of aliphatic carboxylic acids is 1. The number of fused-ring (bicyclic) bond motifs is 1. The molecule has 0 aliphatic carbocycles. The van der Waals surface area contributed by atoms with Crippen molar-refractivity contribution in [2.45, 2.75) is 46.0 Å². The topological polar surface area (TPSA) is 64.4 Å². The van der Waals surface area contributed by atoms with Crippen LogP contribution in [0.4, 0.5) is 13.2 Å². The average molecular weight is 489 g/mol. The molecule has 0 atom stereocenters. The molecule has 0 aliphatic rings. The van der Waals surface area contributed by atoms with E-state index in [4.69, 9.17) is 4.74 Å². The Hall–Kier alpha value is -3.33. The van der Waals surface area contributed by atoms with Crippen LogP contribution in [0.25, 0.3) is 21.5 Å². The molecule has 2 heterocycles. The van der Waals surface area contributed by atoms with Gasteiger partial charge in [0.05, 0.1) is 16.1 Å². The molecule has 178 valence electrons. The lowest BCUT2D eigenvalue weighted by molar-refractivity contribution is -0.145. The number of ether oxygens (including phenoxy) is 1. The first kappa shape index (κ1) is 23.8. The van der Waals surface area contributed by atoms with E-state index in [0.717, 1.165) is 39.2 Å². The first-order valence-corrected chi connectivity index (χ1v) is 11.3. The van der Waals surface area contributed by atoms with Crippen LogP contribution in [0.3, 0.4) is 0 Å². The first-order chi connectivity index (χ1) is 15.9. The molecule has 5 nitrogen and oxygen atoms in total. The predicted octanol–water partition coefficient (Wildman–Crippen LogP) is 6.80. The second-order valence-electron chi connectivity index (χ2n) is 8.62. The van der Waals surface area contributed by atoms with Crippen LogP contribution in [-0.4, -0.2) is 20.6 Å². The lowest BCUT2D eigenvalue weighted by Crippen LogP contribution is -2.34. The summed E-state index contributed by atoms with van der Waals surface area (Å²) in [5, 5.41) is 11.1. The number of benzene rings is 2. The molecule has 0 aliphatic heterocycles. The largest absolute Gasteiger partial charge is 0.488 e.